The number of rotatable bonds is 5. The van der Waals surface area contributed by atoms with E-state index in [2.05, 4.69) is 39.8 Å². The van der Waals surface area contributed by atoms with Crippen molar-refractivity contribution in [3.8, 4) is 0 Å². The van der Waals surface area contributed by atoms with Crippen molar-refractivity contribution in [2.45, 2.75) is 64.3 Å². The maximum Gasteiger partial charge on any atom is 0.191 e. The minimum Gasteiger partial charge on any atom is -0.373 e. The Morgan fingerprint density at radius 2 is 2.38 bits per heavy atom. The summed E-state index contributed by atoms with van der Waals surface area (Å²) < 4.78 is 5.89. The first-order chi connectivity index (χ1) is 10.3. The fraction of sp³-hybridized carbons (Fsp3) is 0.733. The number of hydrogen-bond acceptors (Lipinski definition) is 4. The molecule has 0 amide bonds. The standard InChI is InChI=1S/C15H24N4OS/c1-3-14-18-10(9-21-14)8-17-15(16-4-2)19-12-7-11-5-6-13(12)20-11/h9,11-13H,3-8H2,1-2H3,(H2,16,17,19). The molecule has 0 aliphatic carbocycles. The topological polar surface area (TPSA) is 58.5 Å². The molecule has 0 saturated carbocycles. The van der Waals surface area contributed by atoms with Crippen molar-refractivity contribution in [2.75, 3.05) is 6.54 Å². The summed E-state index contributed by atoms with van der Waals surface area (Å²) in [5.41, 5.74) is 1.05. The Morgan fingerprint density at radius 3 is 3.00 bits per heavy atom. The Morgan fingerprint density at radius 1 is 1.48 bits per heavy atom. The fourth-order valence-corrected chi connectivity index (χ4v) is 3.77. The van der Waals surface area contributed by atoms with Crippen LogP contribution in [0.1, 0.15) is 43.8 Å². The summed E-state index contributed by atoms with van der Waals surface area (Å²) in [7, 11) is 0. The Labute approximate surface area is 130 Å². The highest BCUT2D eigenvalue weighted by Crippen LogP contribution is 2.34. The first kappa shape index (κ1) is 14.8. The number of aliphatic imine (C=N–C) groups is 1. The lowest BCUT2D eigenvalue weighted by molar-refractivity contribution is 0.0992. The van der Waals surface area contributed by atoms with Gasteiger partial charge in [-0.05, 0) is 32.6 Å². The summed E-state index contributed by atoms with van der Waals surface area (Å²) in [5.74, 6) is 0.879. The highest BCUT2D eigenvalue weighted by atomic mass is 32.1. The van der Waals surface area contributed by atoms with Crippen molar-refractivity contribution in [2.24, 2.45) is 4.99 Å². The van der Waals surface area contributed by atoms with Crippen molar-refractivity contribution < 1.29 is 4.74 Å². The second-order valence-electron chi connectivity index (χ2n) is 5.64. The van der Waals surface area contributed by atoms with Crippen LogP contribution in [0.25, 0.3) is 0 Å². The third-order valence-corrected chi connectivity index (χ3v) is 5.12. The van der Waals surface area contributed by atoms with Crippen LogP contribution >= 0.6 is 11.3 Å². The van der Waals surface area contributed by atoms with Gasteiger partial charge in [-0.1, -0.05) is 6.92 Å². The molecular formula is C15H24N4OS. The lowest BCUT2D eigenvalue weighted by Crippen LogP contribution is -2.47. The van der Waals surface area contributed by atoms with Gasteiger partial charge in [-0.3, -0.25) is 0 Å². The average Bonchev–Trinajstić information content (AvgIpc) is 3.21. The van der Waals surface area contributed by atoms with E-state index in [4.69, 9.17) is 4.74 Å². The van der Waals surface area contributed by atoms with Crippen LogP contribution in [0, 0.1) is 0 Å². The van der Waals surface area contributed by atoms with E-state index in [-0.39, 0.29) is 0 Å². The number of ether oxygens (including phenoxy) is 1. The second-order valence-corrected chi connectivity index (χ2v) is 6.58. The van der Waals surface area contributed by atoms with Crippen LogP contribution < -0.4 is 10.6 Å². The lowest BCUT2D eigenvalue weighted by atomic mass is 9.96. The van der Waals surface area contributed by atoms with Crippen molar-refractivity contribution in [3.63, 3.8) is 0 Å². The van der Waals surface area contributed by atoms with Crippen molar-refractivity contribution in [3.05, 3.63) is 16.1 Å². The highest BCUT2D eigenvalue weighted by Gasteiger charge is 2.41. The minimum atomic E-state index is 0.366. The van der Waals surface area contributed by atoms with Gasteiger partial charge >= 0.3 is 0 Å². The summed E-state index contributed by atoms with van der Waals surface area (Å²) in [4.78, 5) is 9.22. The molecule has 3 atom stereocenters. The lowest BCUT2D eigenvalue weighted by Gasteiger charge is -2.22. The molecule has 2 fully saturated rings. The second kappa shape index (κ2) is 6.75. The summed E-state index contributed by atoms with van der Waals surface area (Å²) in [5, 5.41) is 10.1. The minimum absolute atomic E-state index is 0.366. The molecule has 0 aromatic carbocycles. The molecule has 2 saturated heterocycles. The molecule has 21 heavy (non-hydrogen) atoms. The molecule has 2 bridgehead atoms. The zero-order valence-corrected chi connectivity index (χ0v) is 13.6. The van der Waals surface area contributed by atoms with Crippen LogP contribution in [0.4, 0.5) is 0 Å². The number of nitrogens with zero attached hydrogens (tertiary/aromatic N) is 2. The largest absolute Gasteiger partial charge is 0.373 e. The number of fused-ring (bicyclic) bond motifs is 2. The Hall–Kier alpha value is -1.14. The van der Waals surface area contributed by atoms with Gasteiger partial charge in [-0.2, -0.15) is 0 Å². The molecule has 1 aromatic rings. The van der Waals surface area contributed by atoms with E-state index in [0.717, 1.165) is 31.0 Å². The molecule has 6 heteroatoms. The van der Waals surface area contributed by atoms with E-state index < -0.39 is 0 Å². The molecule has 0 radical (unpaired) electrons. The van der Waals surface area contributed by atoms with Crippen molar-refractivity contribution in [1.82, 2.24) is 15.6 Å². The normalized spacial score (nSPS) is 28.1. The summed E-state index contributed by atoms with van der Waals surface area (Å²) in [6.07, 6.45) is 5.31. The van der Waals surface area contributed by atoms with Crippen LogP contribution in [-0.2, 0) is 17.7 Å². The van der Waals surface area contributed by atoms with E-state index in [1.807, 2.05) is 0 Å². The van der Waals surface area contributed by atoms with Crippen LogP contribution in [0.5, 0.6) is 0 Å². The number of hydrogen-bond donors (Lipinski definition) is 2. The maximum absolute atomic E-state index is 5.89. The van der Waals surface area contributed by atoms with Crippen LogP contribution in [0.2, 0.25) is 0 Å². The van der Waals surface area contributed by atoms with Gasteiger partial charge in [0, 0.05) is 11.9 Å². The predicted molar refractivity (Wildman–Crippen MR) is 85.7 cm³/mol. The third kappa shape index (κ3) is 3.55. The first-order valence-electron chi connectivity index (χ1n) is 7.92. The molecule has 116 valence electrons. The van der Waals surface area contributed by atoms with E-state index in [0.29, 0.717) is 24.8 Å². The molecule has 1 aromatic heterocycles. The van der Waals surface area contributed by atoms with Crippen LogP contribution in [-0.4, -0.2) is 35.7 Å². The Balaban J connectivity index is 1.59. The smallest absolute Gasteiger partial charge is 0.191 e. The molecule has 2 N–H and O–H groups in total. The van der Waals surface area contributed by atoms with Gasteiger partial charge in [0.05, 0.1) is 35.5 Å². The van der Waals surface area contributed by atoms with E-state index in [1.54, 1.807) is 11.3 Å². The molecule has 2 aliphatic heterocycles. The summed E-state index contributed by atoms with van der Waals surface area (Å²) in [6.45, 7) is 5.72. The monoisotopic (exact) mass is 308 g/mol. The fourth-order valence-electron chi connectivity index (χ4n) is 3.03. The SMILES string of the molecule is CCNC(=NCc1csc(CC)n1)NC1CC2CCC1O2. The van der Waals surface area contributed by atoms with Crippen molar-refractivity contribution >= 4 is 17.3 Å². The first-order valence-corrected chi connectivity index (χ1v) is 8.80. The van der Waals surface area contributed by atoms with Gasteiger partial charge in [-0.25, -0.2) is 9.98 Å². The highest BCUT2D eigenvalue weighted by molar-refractivity contribution is 7.09. The van der Waals surface area contributed by atoms with Gasteiger partial charge in [0.25, 0.3) is 0 Å². The zero-order valence-electron chi connectivity index (χ0n) is 12.8. The van der Waals surface area contributed by atoms with Gasteiger partial charge < -0.3 is 15.4 Å². The van der Waals surface area contributed by atoms with E-state index >= 15 is 0 Å². The zero-order chi connectivity index (χ0) is 14.7. The Kier molecular flexibility index (Phi) is 4.75. The van der Waals surface area contributed by atoms with Crippen LogP contribution in [0.3, 0.4) is 0 Å². The Bertz CT molecular complexity index is 502. The number of nitrogens with one attached hydrogen (secondary N) is 2. The van der Waals surface area contributed by atoms with Crippen LogP contribution in [0.15, 0.2) is 10.4 Å². The molecule has 3 heterocycles. The van der Waals surface area contributed by atoms with Crippen molar-refractivity contribution in [1.29, 1.82) is 0 Å². The molecule has 3 unspecified atom stereocenters. The molecule has 3 rings (SSSR count). The quantitative estimate of drug-likeness (QED) is 0.646. The summed E-state index contributed by atoms with van der Waals surface area (Å²) in [6, 6.07) is 0.406. The number of aryl methyl sites for hydroxylation is 1. The predicted octanol–water partition coefficient (Wildman–Crippen LogP) is 2.08. The molecule has 5 nitrogen and oxygen atoms in total. The van der Waals surface area contributed by atoms with Gasteiger partial charge in [-0.15, -0.1) is 11.3 Å². The van der Waals surface area contributed by atoms with Gasteiger partial charge in [0.15, 0.2) is 5.96 Å². The number of guanidine groups is 1. The number of thiazole rings is 1. The molecule has 0 spiro atoms. The van der Waals surface area contributed by atoms with Gasteiger partial charge in [0.1, 0.15) is 0 Å². The van der Waals surface area contributed by atoms with E-state index in [9.17, 15) is 0 Å². The maximum atomic E-state index is 5.89. The third-order valence-electron chi connectivity index (χ3n) is 4.07. The average molecular weight is 308 g/mol. The molecular weight excluding hydrogens is 284 g/mol. The van der Waals surface area contributed by atoms with E-state index in [1.165, 1.54) is 17.8 Å². The number of aromatic nitrogens is 1. The summed E-state index contributed by atoms with van der Waals surface area (Å²) >= 11 is 1.72. The molecule has 2 aliphatic rings. The van der Waals surface area contributed by atoms with Gasteiger partial charge in [0.2, 0.25) is 0 Å².